The number of ether oxygens (including phenoxy) is 1. The first kappa shape index (κ1) is 11.0. The number of halogens is 1. The van der Waals surface area contributed by atoms with E-state index in [1.165, 1.54) is 31.2 Å². The van der Waals surface area contributed by atoms with Crippen molar-refractivity contribution in [3.8, 4) is 0 Å². The van der Waals surface area contributed by atoms with Gasteiger partial charge in [-0.3, -0.25) is 0 Å². The Bertz CT molecular complexity index is 329. The molecule has 0 heterocycles. The summed E-state index contributed by atoms with van der Waals surface area (Å²) in [7, 11) is 1.71. The Hall–Kier alpha value is -0.530. The molecule has 0 aromatic heterocycles. The molecule has 0 bridgehead atoms. The third kappa shape index (κ3) is 2.35. The Morgan fingerprint density at radius 1 is 1.33 bits per heavy atom. The summed E-state index contributed by atoms with van der Waals surface area (Å²) in [6.07, 6.45) is 5.26. The molecule has 0 spiro atoms. The van der Waals surface area contributed by atoms with E-state index in [9.17, 15) is 0 Å². The maximum Gasteiger partial charge on any atom is 0.0727 e. The van der Waals surface area contributed by atoms with Crippen molar-refractivity contribution in [3.63, 3.8) is 0 Å². The van der Waals surface area contributed by atoms with Gasteiger partial charge in [0.25, 0.3) is 0 Å². The molecule has 1 saturated carbocycles. The highest BCUT2D eigenvalue weighted by molar-refractivity contribution is 6.32. The van der Waals surface area contributed by atoms with Crippen LogP contribution in [0.5, 0.6) is 0 Å². The van der Waals surface area contributed by atoms with Gasteiger partial charge >= 0.3 is 0 Å². The van der Waals surface area contributed by atoms with Crippen molar-refractivity contribution in [3.05, 3.63) is 34.3 Å². The number of benzene rings is 1. The number of hydrogen-bond acceptors (Lipinski definition) is 1. The molecular formula is C13H17ClO. The van der Waals surface area contributed by atoms with Crippen molar-refractivity contribution in [2.75, 3.05) is 7.11 Å². The van der Waals surface area contributed by atoms with Gasteiger partial charge in [-0.1, -0.05) is 42.6 Å². The zero-order valence-electron chi connectivity index (χ0n) is 9.13. The van der Waals surface area contributed by atoms with E-state index in [2.05, 4.69) is 12.1 Å². The summed E-state index contributed by atoms with van der Waals surface area (Å²) in [5, 5.41) is 0.922. The second kappa shape index (κ2) is 5.00. The third-order valence-corrected chi connectivity index (χ3v) is 3.66. The van der Waals surface area contributed by atoms with Crippen LogP contribution in [0.2, 0.25) is 5.02 Å². The Morgan fingerprint density at radius 2 is 2.07 bits per heavy atom. The fourth-order valence-corrected chi connectivity index (χ4v) is 2.75. The van der Waals surface area contributed by atoms with Crippen LogP contribution in [-0.2, 0) is 11.3 Å². The first-order chi connectivity index (χ1) is 7.33. The van der Waals surface area contributed by atoms with Crippen LogP contribution < -0.4 is 0 Å². The molecule has 1 aromatic rings. The molecule has 0 radical (unpaired) electrons. The molecule has 0 amide bonds. The summed E-state index contributed by atoms with van der Waals surface area (Å²) in [4.78, 5) is 0. The lowest BCUT2D eigenvalue weighted by Crippen LogP contribution is -1.97. The summed E-state index contributed by atoms with van der Waals surface area (Å²) in [5.41, 5.74) is 2.44. The van der Waals surface area contributed by atoms with Crippen LogP contribution in [0.1, 0.15) is 42.7 Å². The summed E-state index contributed by atoms with van der Waals surface area (Å²) >= 11 is 6.39. The lowest BCUT2D eigenvalue weighted by atomic mass is 9.96. The summed E-state index contributed by atoms with van der Waals surface area (Å²) in [6.45, 7) is 0.611. The number of hydrogen-bond donors (Lipinski definition) is 0. The van der Waals surface area contributed by atoms with E-state index in [0.717, 1.165) is 10.6 Å². The summed E-state index contributed by atoms with van der Waals surface area (Å²) in [6, 6.07) is 6.30. The average Bonchev–Trinajstić information content (AvgIpc) is 2.74. The molecule has 0 aliphatic heterocycles. The van der Waals surface area contributed by atoms with Crippen LogP contribution in [0.15, 0.2) is 18.2 Å². The van der Waals surface area contributed by atoms with E-state index in [1.54, 1.807) is 7.11 Å². The normalized spacial score (nSPS) is 17.2. The smallest absolute Gasteiger partial charge is 0.0727 e. The minimum atomic E-state index is 0.611. The number of methoxy groups -OCH3 is 1. The van der Waals surface area contributed by atoms with Gasteiger partial charge in [-0.05, 0) is 29.9 Å². The molecule has 0 N–H and O–H groups in total. The van der Waals surface area contributed by atoms with Gasteiger partial charge in [0.2, 0.25) is 0 Å². The fraction of sp³-hybridized carbons (Fsp3) is 0.538. The first-order valence-electron chi connectivity index (χ1n) is 5.59. The molecule has 1 fully saturated rings. The van der Waals surface area contributed by atoms with Crippen molar-refractivity contribution < 1.29 is 4.74 Å². The van der Waals surface area contributed by atoms with Gasteiger partial charge in [0, 0.05) is 12.1 Å². The maximum atomic E-state index is 6.39. The Kier molecular flexibility index (Phi) is 3.66. The molecule has 2 rings (SSSR count). The highest BCUT2D eigenvalue weighted by atomic mass is 35.5. The van der Waals surface area contributed by atoms with E-state index in [4.69, 9.17) is 16.3 Å². The molecule has 1 aromatic carbocycles. The molecule has 82 valence electrons. The van der Waals surface area contributed by atoms with Crippen molar-refractivity contribution >= 4 is 11.6 Å². The maximum absolute atomic E-state index is 6.39. The molecule has 1 aliphatic rings. The SMILES string of the molecule is COCc1cccc(C2CCCC2)c1Cl. The van der Waals surface area contributed by atoms with Crippen molar-refractivity contribution in [2.45, 2.75) is 38.2 Å². The van der Waals surface area contributed by atoms with E-state index in [0.29, 0.717) is 12.5 Å². The van der Waals surface area contributed by atoms with Crippen LogP contribution in [0.25, 0.3) is 0 Å². The first-order valence-corrected chi connectivity index (χ1v) is 5.97. The highest BCUT2D eigenvalue weighted by Gasteiger charge is 2.20. The van der Waals surface area contributed by atoms with Crippen LogP contribution in [0, 0.1) is 0 Å². The quantitative estimate of drug-likeness (QED) is 0.750. The van der Waals surface area contributed by atoms with Gasteiger partial charge in [0.15, 0.2) is 0 Å². The van der Waals surface area contributed by atoms with Gasteiger partial charge in [-0.2, -0.15) is 0 Å². The molecule has 15 heavy (non-hydrogen) atoms. The van der Waals surface area contributed by atoms with Gasteiger partial charge in [-0.15, -0.1) is 0 Å². The van der Waals surface area contributed by atoms with Gasteiger partial charge in [-0.25, -0.2) is 0 Å². The molecule has 1 aliphatic carbocycles. The van der Waals surface area contributed by atoms with E-state index < -0.39 is 0 Å². The third-order valence-electron chi connectivity index (χ3n) is 3.20. The number of rotatable bonds is 3. The fourth-order valence-electron chi connectivity index (χ4n) is 2.42. The highest BCUT2D eigenvalue weighted by Crippen LogP contribution is 2.38. The van der Waals surface area contributed by atoms with Crippen LogP contribution in [0.4, 0.5) is 0 Å². The largest absolute Gasteiger partial charge is 0.380 e. The van der Waals surface area contributed by atoms with Crippen LogP contribution in [-0.4, -0.2) is 7.11 Å². The van der Waals surface area contributed by atoms with Gasteiger partial charge in [0.1, 0.15) is 0 Å². The predicted molar refractivity (Wildman–Crippen MR) is 63.4 cm³/mol. The second-order valence-corrected chi connectivity index (χ2v) is 4.61. The molecule has 1 nitrogen and oxygen atoms in total. The Balaban J connectivity index is 2.26. The summed E-state index contributed by atoms with van der Waals surface area (Å²) < 4.78 is 5.14. The predicted octanol–water partition coefficient (Wildman–Crippen LogP) is 4.14. The minimum absolute atomic E-state index is 0.611. The van der Waals surface area contributed by atoms with E-state index in [1.807, 2.05) is 6.07 Å². The molecule has 0 unspecified atom stereocenters. The molecular weight excluding hydrogens is 208 g/mol. The van der Waals surface area contributed by atoms with Gasteiger partial charge in [0.05, 0.1) is 6.61 Å². The minimum Gasteiger partial charge on any atom is -0.380 e. The molecule has 0 atom stereocenters. The standard InChI is InChI=1S/C13H17ClO/c1-15-9-11-7-4-8-12(13(11)14)10-5-2-3-6-10/h4,7-8,10H,2-3,5-6,9H2,1H3. The topological polar surface area (TPSA) is 9.23 Å². The van der Waals surface area contributed by atoms with Crippen molar-refractivity contribution in [1.29, 1.82) is 0 Å². The zero-order chi connectivity index (χ0) is 10.7. The molecule has 0 saturated heterocycles. The van der Waals surface area contributed by atoms with Crippen LogP contribution in [0.3, 0.4) is 0 Å². The van der Waals surface area contributed by atoms with Crippen LogP contribution >= 0.6 is 11.6 Å². The monoisotopic (exact) mass is 224 g/mol. The Morgan fingerprint density at radius 3 is 2.73 bits per heavy atom. The average molecular weight is 225 g/mol. The molecule has 2 heteroatoms. The Labute approximate surface area is 96.4 Å². The lowest BCUT2D eigenvalue weighted by Gasteiger charge is -2.14. The second-order valence-electron chi connectivity index (χ2n) is 4.23. The van der Waals surface area contributed by atoms with Crippen molar-refractivity contribution in [1.82, 2.24) is 0 Å². The summed E-state index contributed by atoms with van der Waals surface area (Å²) in [5.74, 6) is 0.675. The van der Waals surface area contributed by atoms with Crippen molar-refractivity contribution in [2.24, 2.45) is 0 Å². The van der Waals surface area contributed by atoms with Gasteiger partial charge < -0.3 is 4.74 Å². The van der Waals surface area contributed by atoms with E-state index >= 15 is 0 Å². The van der Waals surface area contributed by atoms with E-state index in [-0.39, 0.29) is 0 Å². The zero-order valence-corrected chi connectivity index (χ0v) is 9.89. The lowest BCUT2D eigenvalue weighted by molar-refractivity contribution is 0.185.